The SMILES string of the molecule is COC(=O)CN(Cc1ccc(O)cc1)C(=O)OC(C)(C)C. The van der Waals surface area contributed by atoms with Crippen LogP contribution >= 0.6 is 0 Å². The van der Waals surface area contributed by atoms with E-state index in [1.807, 2.05) is 0 Å². The van der Waals surface area contributed by atoms with Gasteiger partial charge in [-0.05, 0) is 38.5 Å². The van der Waals surface area contributed by atoms with Crippen LogP contribution < -0.4 is 0 Å². The average Bonchev–Trinajstić information content (AvgIpc) is 2.38. The third-order valence-corrected chi connectivity index (χ3v) is 2.51. The van der Waals surface area contributed by atoms with Crippen molar-refractivity contribution in [1.82, 2.24) is 4.90 Å². The van der Waals surface area contributed by atoms with Crippen LogP contribution in [0.5, 0.6) is 5.75 Å². The summed E-state index contributed by atoms with van der Waals surface area (Å²) in [4.78, 5) is 24.8. The van der Waals surface area contributed by atoms with E-state index in [-0.39, 0.29) is 18.8 Å². The Hall–Kier alpha value is -2.24. The van der Waals surface area contributed by atoms with Crippen molar-refractivity contribution in [3.05, 3.63) is 29.8 Å². The molecule has 21 heavy (non-hydrogen) atoms. The molecule has 0 spiro atoms. The third-order valence-electron chi connectivity index (χ3n) is 2.51. The molecule has 1 rings (SSSR count). The maximum Gasteiger partial charge on any atom is 0.411 e. The first-order valence-corrected chi connectivity index (χ1v) is 6.54. The Morgan fingerprint density at radius 1 is 1.19 bits per heavy atom. The van der Waals surface area contributed by atoms with Gasteiger partial charge in [0.1, 0.15) is 17.9 Å². The second kappa shape index (κ2) is 6.97. The molecule has 0 fully saturated rings. The number of rotatable bonds is 4. The molecule has 0 aliphatic heterocycles. The third kappa shape index (κ3) is 6.16. The molecule has 0 heterocycles. The summed E-state index contributed by atoms with van der Waals surface area (Å²) < 4.78 is 9.86. The molecule has 6 heteroatoms. The van der Waals surface area contributed by atoms with E-state index in [4.69, 9.17) is 4.74 Å². The Kier molecular flexibility index (Phi) is 5.58. The standard InChI is InChI=1S/C15H21NO5/c1-15(2,3)21-14(19)16(10-13(18)20-4)9-11-5-7-12(17)8-6-11/h5-8,17H,9-10H2,1-4H3. The summed E-state index contributed by atoms with van der Waals surface area (Å²) >= 11 is 0. The van der Waals surface area contributed by atoms with E-state index in [0.29, 0.717) is 0 Å². The highest BCUT2D eigenvalue weighted by Crippen LogP contribution is 2.15. The summed E-state index contributed by atoms with van der Waals surface area (Å²) in [5, 5.41) is 9.26. The number of nitrogens with zero attached hydrogens (tertiary/aromatic N) is 1. The molecule has 0 atom stereocenters. The van der Waals surface area contributed by atoms with Crippen molar-refractivity contribution in [3.8, 4) is 5.75 Å². The fourth-order valence-corrected chi connectivity index (χ4v) is 1.55. The topological polar surface area (TPSA) is 76.1 Å². The summed E-state index contributed by atoms with van der Waals surface area (Å²) in [6, 6.07) is 6.37. The van der Waals surface area contributed by atoms with Crippen molar-refractivity contribution >= 4 is 12.1 Å². The molecule has 116 valence electrons. The zero-order valence-corrected chi connectivity index (χ0v) is 12.8. The van der Waals surface area contributed by atoms with Gasteiger partial charge < -0.3 is 14.6 Å². The first-order valence-electron chi connectivity index (χ1n) is 6.54. The maximum atomic E-state index is 12.1. The minimum atomic E-state index is -0.652. The Morgan fingerprint density at radius 2 is 1.76 bits per heavy atom. The van der Waals surface area contributed by atoms with Crippen LogP contribution in [-0.2, 0) is 20.8 Å². The number of ether oxygens (including phenoxy) is 2. The molecule has 1 aromatic rings. The molecule has 0 saturated heterocycles. The largest absolute Gasteiger partial charge is 0.508 e. The number of hydrogen-bond donors (Lipinski definition) is 1. The molecule has 1 amide bonds. The van der Waals surface area contributed by atoms with Crippen molar-refractivity contribution in [2.75, 3.05) is 13.7 Å². The van der Waals surface area contributed by atoms with Gasteiger partial charge in [-0.25, -0.2) is 4.79 Å². The fourth-order valence-electron chi connectivity index (χ4n) is 1.55. The number of carbonyl (C=O) groups excluding carboxylic acids is 2. The van der Waals surface area contributed by atoms with Gasteiger partial charge in [-0.2, -0.15) is 0 Å². The highest BCUT2D eigenvalue weighted by Gasteiger charge is 2.24. The van der Waals surface area contributed by atoms with E-state index in [9.17, 15) is 14.7 Å². The molecule has 0 saturated carbocycles. The van der Waals surface area contributed by atoms with Crippen LogP contribution in [0.3, 0.4) is 0 Å². The summed E-state index contributed by atoms with van der Waals surface area (Å²) in [6.07, 6.45) is -0.596. The van der Waals surface area contributed by atoms with Crippen LogP contribution in [-0.4, -0.2) is 41.3 Å². The Balaban J connectivity index is 2.83. The van der Waals surface area contributed by atoms with Gasteiger partial charge in [-0.3, -0.25) is 9.69 Å². The molecule has 0 aliphatic rings. The molecular formula is C15H21NO5. The van der Waals surface area contributed by atoms with Gasteiger partial charge in [-0.15, -0.1) is 0 Å². The van der Waals surface area contributed by atoms with E-state index in [0.717, 1.165) is 5.56 Å². The summed E-state index contributed by atoms with van der Waals surface area (Å²) in [7, 11) is 1.26. The molecule has 1 aromatic carbocycles. The maximum absolute atomic E-state index is 12.1. The molecular weight excluding hydrogens is 274 g/mol. The lowest BCUT2D eigenvalue weighted by atomic mass is 10.2. The molecule has 0 aliphatic carbocycles. The van der Waals surface area contributed by atoms with Gasteiger partial charge in [0.15, 0.2) is 0 Å². The van der Waals surface area contributed by atoms with Crippen molar-refractivity contribution in [2.24, 2.45) is 0 Å². The van der Waals surface area contributed by atoms with Crippen LogP contribution in [0, 0.1) is 0 Å². The quantitative estimate of drug-likeness (QED) is 0.863. The van der Waals surface area contributed by atoms with Crippen molar-refractivity contribution in [2.45, 2.75) is 32.9 Å². The zero-order valence-electron chi connectivity index (χ0n) is 12.8. The number of phenols is 1. The number of esters is 1. The first kappa shape index (κ1) is 16.8. The van der Waals surface area contributed by atoms with Gasteiger partial charge in [0, 0.05) is 6.54 Å². The lowest BCUT2D eigenvalue weighted by Crippen LogP contribution is -2.39. The second-order valence-corrected chi connectivity index (χ2v) is 5.58. The number of carbonyl (C=O) groups is 2. The van der Waals surface area contributed by atoms with E-state index in [1.54, 1.807) is 32.9 Å². The minimum Gasteiger partial charge on any atom is -0.508 e. The van der Waals surface area contributed by atoms with Crippen molar-refractivity contribution < 1.29 is 24.2 Å². The predicted molar refractivity (Wildman–Crippen MR) is 76.8 cm³/mol. The summed E-state index contributed by atoms with van der Waals surface area (Å²) in [5.74, 6) is -0.393. The Labute approximate surface area is 124 Å². The van der Waals surface area contributed by atoms with Crippen LogP contribution in [0.2, 0.25) is 0 Å². The molecule has 6 nitrogen and oxygen atoms in total. The van der Waals surface area contributed by atoms with E-state index < -0.39 is 17.7 Å². The van der Waals surface area contributed by atoms with Gasteiger partial charge in [0.05, 0.1) is 7.11 Å². The van der Waals surface area contributed by atoms with E-state index >= 15 is 0 Å². The molecule has 0 unspecified atom stereocenters. The molecule has 1 N–H and O–H groups in total. The van der Waals surface area contributed by atoms with E-state index in [2.05, 4.69) is 4.74 Å². The number of methoxy groups -OCH3 is 1. The second-order valence-electron chi connectivity index (χ2n) is 5.58. The number of phenolic OH excluding ortho intramolecular Hbond substituents is 1. The van der Waals surface area contributed by atoms with Crippen LogP contribution in [0.1, 0.15) is 26.3 Å². The lowest BCUT2D eigenvalue weighted by molar-refractivity contribution is -0.142. The predicted octanol–water partition coefficient (Wildman–Crippen LogP) is 2.30. The van der Waals surface area contributed by atoms with Crippen LogP contribution in [0.4, 0.5) is 4.79 Å². The molecule has 0 aromatic heterocycles. The molecule has 0 bridgehead atoms. The highest BCUT2D eigenvalue weighted by atomic mass is 16.6. The summed E-state index contributed by atoms with van der Waals surface area (Å²) in [6.45, 7) is 5.24. The van der Waals surface area contributed by atoms with Crippen molar-refractivity contribution in [3.63, 3.8) is 0 Å². The van der Waals surface area contributed by atoms with Gasteiger partial charge in [0.25, 0.3) is 0 Å². The Morgan fingerprint density at radius 3 is 2.24 bits per heavy atom. The Bertz CT molecular complexity index is 490. The highest BCUT2D eigenvalue weighted by molar-refractivity contribution is 5.78. The van der Waals surface area contributed by atoms with E-state index in [1.165, 1.54) is 24.1 Å². The number of aromatic hydroxyl groups is 1. The summed E-state index contributed by atoms with van der Waals surface area (Å²) in [5.41, 5.74) is 0.114. The van der Waals surface area contributed by atoms with Gasteiger partial charge >= 0.3 is 12.1 Å². The number of amides is 1. The van der Waals surface area contributed by atoms with Gasteiger partial charge in [-0.1, -0.05) is 12.1 Å². The lowest BCUT2D eigenvalue weighted by Gasteiger charge is -2.26. The smallest absolute Gasteiger partial charge is 0.411 e. The first-order chi connectivity index (χ1) is 9.71. The fraction of sp³-hybridized carbons (Fsp3) is 0.467. The molecule has 0 radical (unpaired) electrons. The number of hydrogen-bond acceptors (Lipinski definition) is 5. The zero-order chi connectivity index (χ0) is 16.0. The normalized spacial score (nSPS) is 10.9. The van der Waals surface area contributed by atoms with Crippen LogP contribution in [0.15, 0.2) is 24.3 Å². The number of benzene rings is 1. The minimum absolute atomic E-state index is 0.135. The van der Waals surface area contributed by atoms with Crippen LogP contribution in [0.25, 0.3) is 0 Å². The van der Waals surface area contributed by atoms with Crippen molar-refractivity contribution in [1.29, 1.82) is 0 Å². The monoisotopic (exact) mass is 295 g/mol. The average molecular weight is 295 g/mol. The van der Waals surface area contributed by atoms with Gasteiger partial charge in [0.2, 0.25) is 0 Å².